The molecule has 5 heteroatoms. The molecule has 20 heavy (non-hydrogen) atoms. The van der Waals surface area contributed by atoms with E-state index in [4.69, 9.17) is 0 Å². The summed E-state index contributed by atoms with van der Waals surface area (Å²) >= 11 is 0. The zero-order chi connectivity index (χ0) is 13.9. The number of piperidine rings is 1. The van der Waals surface area contributed by atoms with Gasteiger partial charge >= 0.3 is 0 Å². The van der Waals surface area contributed by atoms with Gasteiger partial charge < -0.3 is 10.2 Å². The van der Waals surface area contributed by atoms with Gasteiger partial charge in [-0.1, -0.05) is 0 Å². The molecule has 0 spiro atoms. The molecule has 1 N–H and O–H groups in total. The maximum atomic E-state index is 12.3. The van der Waals surface area contributed by atoms with Crippen LogP contribution in [0.1, 0.15) is 50.8 Å². The van der Waals surface area contributed by atoms with Gasteiger partial charge in [0.15, 0.2) is 0 Å². The van der Waals surface area contributed by atoms with Crippen LogP contribution in [-0.2, 0) is 11.3 Å². The quantitative estimate of drug-likeness (QED) is 0.914. The van der Waals surface area contributed by atoms with Gasteiger partial charge in [-0.15, -0.1) is 0 Å². The summed E-state index contributed by atoms with van der Waals surface area (Å²) in [6, 6.07) is 2.73. The number of hydrogen-bond donors (Lipinski definition) is 1. The van der Waals surface area contributed by atoms with Gasteiger partial charge in [-0.2, -0.15) is 5.10 Å². The maximum absolute atomic E-state index is 12.3. The van der Waals surface area contributed by atoms with E-state index < -0.39 is 0 Å². The fourth-order valence-corrected chi connectivity index (χ4v) is 3.41. The molecule has 3 heterocycles. The van der Waals surface area contributed by atoms with Crippen molar-refractivity contribution in [2.45, 2.75) is 57.7 Å². The van der Waals surface area contributed by atoms with Crippen LogP contribution in [0.15, 0.2) is 12.3 Å². The molecule has 2 atom stereocenters. The topological polar surface area (TPSA) is 50.2 Å². The standard InChI is InChI=1S/C15H24N4O/c1-12-5-2-3-9-18(12)15(20)11-16-13-6-4-10-19-14(13)7-8-17-19/h7-8,12-13,16H,2-6,9-11H2,1H3. The Morgan fingerprint density at radius 3 is 3.10 bits per heavy atom. The van der Waals surface area contributed by atoms with Crippen molar-refractivity contribution in [3.05, 3.63) is 18.0 Å². The van der Waals surface area contributed by atoms with Crippen molar-refractivity contribution < 1.29 is 4.79 Å². The Balaban J connectivity index is 1.56. The van der Waals surface area contributed by atoms with Crippen molar-refractivity contribution in [3.63, 3.8) is 0 Å². The van der Waals surface area contributed by atoms with Gasteiger partial charge in [0.25, 0.3) is 0 Å². The molecule has 0 bridgehead atoms. The molecular weight excluding hydrogens is 252 g/mol. The third kappa shape index (κ3) is 2.73. The molecule has 2 unspecified atom stereocenters. The molecule has 1 fully saturated rings. The van der Waals surface area contributed by atoms with Crippen LogP contribution < -0.4 is 5.32 Å². The first kappa shape index (κ1) is 13.6. The molecule has 0 saturated carbocycles. The predicted molar refractivity (Wildman–Crippen MR) is 77.2 cm³/mol. The van der Waals surface area contributed by atoms with Crippen LogP contribution in [0.5, 0.6) is 0 Å². The molecule has 3 rings (SSSR count). The highest BCUT2D eigenvalue weighted by Crippen LogP contribution is 2.24. The number of likely N-dealkylation sites (tertiary alicyclic amines) is 1. The molecule has 1 aromatic heterocycles. The lowest BCUT2D eigenvalue weighted by atomic mass is 10.0. The normalized spacial score (nSPS) is 26.4. The van der Waals surface area contributed by atoms with Crippen LogP contribution in [-0.4, -0.2) is 39.7 Å². The smallest absolute Gasteiger partial charge is 0.236 e. The fraction of sp³-hybridized carbons (Fsp3) is 0.733. The average Bonchev–Trinajstić information content (AvgIpc) is 2.94. The fourth-order valence-electron chi connectivity index (χ4n) is 3.41. The minimum absolute atomic E-state index is 0.244. The Kier molecular flexibility index (Phi) is 4.05. The Hall–Kier alpha value is -1.36. The number of aromatic nitrogens is 2. The highest BCUT2D eigenvalue weighted by Gasteiger charge is 2.25. The summed E-state index contributed by atoms with van der Waals surface area (Å²) < 4.78 is 2.05. The molecule has 2 aliphatic heterocycles. The minimum Gasteiger partial charge on any atom is -0.339 e. The lowest BCUT2D eigenvalue weighted by Gasteiger charge is -2.34. The summed E-state index contributed by atoms with van der Waals surface area (Å²) in [5.74, 6) is 0.244. The molecule has 110 valence electrons. The van der Waals surface area contributed by atoms with Crippen LogP contribution in [0.3, 0.4) is 0 Å². The van der Waals surface area contributed by atoms with Crippen LogP contribution in [0.2, 0.25) is 0 Å². The summed E-state index contributed by atoms with van der Waals surface area (Å²) in [4.78, 5) is 14.4. The predicted octanol–water partition coefficient (Wildman–Crippen LogP) is 1.71. The van der Waals surface area contributed by atoms with E-state index in [-0.39, 0.29) is 11.9 Å². The summed E-state index contributed by atoms with van der Waals surface area (Å²) in [6.45, 7) is 4.52. The number of fused-ring (bicyclic) bond motifs is 1. The van der Waals surface area contributed by atoms with Crippen LogP contribution in [0.4, 0.5) is 0 Å². The molecule has 2 aliphatic rings. The third-order valence-corrected chi connectivity index (χ3v) is 4.59. The van der Waals surface area contributed by atoms with Gasteiger partial charge in [0.05, 0.1) is 12.2 Å². The number of nitrogens with zero attached hydrogens (tertiary/aromatic N) is 3. The highest BCUT2D eigenvalue weighted by molar-refractivity contribution is 5.78. The molecule has 0 radical (unpaired) electrons. The van der Waals surface area contributed by atoms with Crippen molar-refractivity contribution in [1.29, 1.82) is 0 Å². The monoisotopic (exact) mass is 276 g/mol. The van der Waals surface area contributed by atoms with E-state index in [0.717, 1.165) is 38.8 Å². The first-order chi connectivity index (χ1) is 9.75. The summed E-state index contributed by atoms with van der Waals surface area (Å²) in [5.41, 5.74) is 1.22. The molecule has 0 aromatic carbocycles. The summed E-state index contributed by atoms with van der Waals surface area (Å²) in [5, 5.41) is 7.75. The first-order valence-electron chi connectivity index (χ1n) is 7.80. The number of nitrogens with one attached hydrogen (secondary N) is 1. The van der Waals surface area contributed by atoms with E-state index >= 15 is 0 Å². The second-order valence-corrected chi connectivity index (χ2v) is 5.99. The van der Waals surface area contributed by atoms with Gasteiger partial charge in [-0.05, 0) is 45.1 Å². The van der Waals surface area contributed by atoms with E-state index in [0.29, 0.717) is 12.6 Å². The van der Waals surface area contributed by atoms with Crippen LogP contribution in [0, 0.1) is 0 Å². The molecular formula is C15H24N4O. The van der Waals surface area contributed by atoms with Crippen molar-refractivity contribution in [2.24, 2.45) is 0 Å². The number of carbonyl (C=O) groups is 1. The second-order valence-electron chi connectivity index (χ2n) is 5.99. The van der Waals surface area contributed by atoms with E-state index in [1.165, 1.54) is 12.1 Å². The first-order valence-corrected chi connectivity index (χ1v) is 7.80. The van der Waals surface area contributed by atoms with Gasteiger partial charge in [-0.25, -0.2) is 0 Å². The zero-order valence-electron chi connectivity index (χ0n) is 12.2. The largest absolute Gasteiger partial charge is 0.339 e. The Morgan fingerprint density at radius 1 is 1.35 bits per heavy atom. The molecule has 5 nitrogen and oxygen atoms in total. The SMILES string of the molecule is CC1CCCCN1C(=O)CNC1CCCn2nccc21. The zero-order valence-corrected chi connectivity index (χ0v) is 12.2. The summed E-state index contributed by atoms with van der Waals surface area (Å²) in [6.07, 6.45) is 7.60. The number of amides is 1. The highest BCUT2D eigenvalue weighted by atomic mass is 16.2. The van der Waals surface area contributed by atoms with Gasteiger partial charge in [0, 0.05) is 31.4 Å². The van der Waals surface area contributed by atoms with Crippen LogP contribution in [0.25, 0.3) is 0 Å². The second kappa shape index (κ2) is 5.95. The van der Waals surface area contributed by atoms with Gasteiger partial charge in [0.1, 0.15) is 0 Å². The van der Waals surface area contributed by atoms with Crippen molar-refractivity contribution >= 4 is 5.91 Å². The Bertz CT molecular complexity index is 470. The Morgan fingerprint density at radius 2 is 2.25 bits per heavy atom. The number of hydrogen-bond acceptors (Lipinski definition) is 3. The number of rotatable bonds is 3. The Labute approximate surface area is 120 Å². The van der Waals surface area contributed by atoms with Crippen molar-refractivity contribution in [3.8, 4) is 0 Å². The number of carbonyl (C=O) groups excluding carboxylic acids is 1. The van der Waals surface area contributed by atoms with Gasteiger partial charge in [-0.3, -0.25) is 9.48 Å². The van der Waals surface area contributed by atoms with Crippen LogP contribution >= 0.6 is 0 Å². The molecule has 1 saturated heterocycles. The maximum Gasteiger partial charge on any atom is 0.236 e. The van der Waals surface area contributed by atoms with Crippen molar-refractivity contribution in [2.75, 3.05) is 13.1 Å². The van der Waals surface area contributed by atoms with Gasteiger partial charge in [0.2, 0.25) is 5.91 Å². The van der Waals surface area contributed by atoms with Crippen molar-refractivity contribution in [1.82, 2.24) is 20.0 Å². The third-order valence-electron chi connectivity index (χ3n) is 4.59. The number of aryl methyl sites for hydroxylation is 1. The molecule has 0 aliphatic carbocycles. The molecule has 1 aromatic rings. The van der Waals surface area contributed by atoms with E-state index in [9.17, 15) is 4.79 Å². The van der Waals surface area contributed by atoms with E-state index in [2.05, 4.69) is 28.1 Å². The molecule has 1 amide bonds. The van der Waals surface area contributed by atoms with E-state index in [1.54, 1.807) is 0 Å². The van der Waals surface area contributed by atoms with E-state index in [1.807, 2.05) is 11.1 Å². The minimum atomic E-state index is 0.244. The summed E-state index contributed by atoms with van der Waals surface area (Å²) in [7, 11) is 0. The lowest BCUT2D eigenvalue weighted by Crippen LogP contribution is -2.46. The lowest BCUT2D eigenvalue weighted by molar-refractivity contribution is -0.133. The average molecular weight is 276 g/mol.